The molecule has 0 radical (unpaired) electrons. The standard InChI is InChI=1S/C11H13N3/c1-8-7-14(2)11-4-3-9(6-12)5-10(11)13-8/h3-5,8,13H,7H2,1-2H3. The van der Waals surface area contributed by atoms with Crippen molar-refractivity contribution in [1.29, 1.82) is 5.26 Å². The zero-order chi connectivity index (χ0) is 10.1. The Bertz CT molecular complexity index is 392. The maximum absolute atomic E-state index is 8.78. The summed E-state index contributed by atoms with van der Waals surface area (Å²) in [6.45, 7) is 3.14. The third-order valence-electron chi connectivity index (χ3n) is 2.49. The first kappa shape index (κ1) is 8.89. The molecule has 14 heavy (non-hydrogen) atoms. The zero-order valence-electron chi connectivity index (χ0n) is 8.41. The summed E-state index contributed by atoms with van der Waals surface area (Å²) in [5, 5.41) is 12.2. The van der Waals surface area contributed by atoms with Gasteiger partial charge in [-0.05, 0) is 25.1 Å². The smallest absolute Gasteiger partial charge is 0.0992 e. The van der Waals surface area contributed by atoms with Gasteiger partial charge < -0.3 is 10.2 Å². The highest BCUT2D eigenvalue weighted by atomic mass is 15.2. The van der Waals surface area contributed by atoms with Crippen molar-refractivity contribution in [3.63, 3.8) is 0 Å². The van der Waals surface area contributed by atoms with Crippen molar-refractivity contribution in [2.45, 2.75) is 13.0 Å². The van der Waals surface area contributed by atoms with Crippen LogP contribution in [0.4, 0.5) is 11.4 Å². The molecule has 2 rings (SSSR count). The highest BCUT2D eigenvalue weighted by Crippen LogP contribution is 2.30. The van der Waals surface area contributed by atoms with Gasteiger partial charge in [-0.15, -0.1) is 0 Å². The van der Waals surface area contributed by atoms with Crippen LogP contribution in [0.1, 0.15) is 12.5 Å². The van der Waals surface area contributed by atoms with Crippen molar-refractivity contribution < 1.29 is 0 Å². The van der Waals surface area contributed by atoms with Gasteiger partial charge in [0.25, 0.3) is 0 Å². The van der Waals surface area contributed by atoms with Crippen LogP contribution >= 0.6 is 0 Å². The summed E-state index contributed by atoms with van der Waals surface area (Å²) in [5.74, 6) is 0. The largest absolute Gasteiger partial charge is 0.379 e. The summed E-state index contributed by atoms with van der Waals surface area (Å²) < 4.78 is 0. The first-order valence-corrected chi connectivity index (χ1v) is 4.72. The lowest BCUT2D eigenvalue weighted by Crippen LogP contribution is -2.37. The van der Waals surface area contributed by atoms with E-state index in [4.69, 9.17) is 5.26 Å². The van der Waals surface area contributed by atoms with Crippen LogP contribution in [0.3, 0.4) is 0 Å². The highest BCUT2D eigenvalue weighted by molar-refractivity contribution is 5.74. The number of fused-ring (bicyclic) bond motifs is 1. The minimum Gasteiger partial charge on any atom is -0.379 e. The SMILES string of the molecule is CC1CN(C)c2ccc(C#N)cc2N1. The third kappa shape index (κ3) is 1.39. The van der Waals surface area contributed by atoms with E-state index in [0.717, 1.165) is 12.2 Å². The number of nitrogens with zero attached hydrogens (tertiary/aromatic N) is 2. The highest BCUT2D eigenvalue weighted by Gasteiger charge is 2.17. The van der Waals surface area contributed by atoms with Crippen LogP contribution in [0.5, 0.6) is 0 Å². The lowest BCUT2D eigenvalue weighted by atomic mass is 10.1. The predicted molar refractivity (Wildman–Crippen MR) is 57.5 cm³/mol. The normalized spacial score (nSPS) is 19.5. The van der Waals surface area contributed by atoms with Crippen molar-refractivity contribution in [3.05, 3.63) is 23.8 Å². The first-order chi connectivity index (χ1) is 6.70. The van der Waals surface area contributed by atoms with Gasteiger partial charge in [0.1, 0.15) is 0 Å². The molecule has 0 spiro atoms. The quantitative estimate of drug-likeness (QED) is 0.673. The van der Waals surface area contributed by atoms with Gasteiger partial charge in [0.05, 0.1) is 23.0 Å². The second kappa shape index (κ2) is 3.22. The Labute approximate surface area is 84.0 Å². The van der Waals surface area contributed by atoms with Crippen molar-refractivity contribution in [2.24, 2.45) is 0 Å². The van der Waals surface area contributed by atoms with Crippen molar-refractivity contribution >= 4 is 11.4 Å². The molecule has 3 heteroatoms. The van der Waals surface area contributed by atoms with Gasteiger partial charge in [-0.25, -0.2) is 0 Å². The molecule has 3 nitrogen and oxygen atoms in total. The van der Waals surface area contributed by atoms with E-state index in [0.29, 0.717) is 11.6 Å². The van der Waals surface area contributed by atoms with Gasteiger partial charge in [-0.1, -0.05) is 0 Å². The van der Waals surface area contributed by atoms with Crippen LogP contribution < -0.4 is 10.2 Å². The number of hydrogen-bond donors (Lipinski definition) is 1. The maximum atomic E-state index is 8.78. The Kier molecular flexibility index (Phi) is 2.05. The molecule has 1 aliphatic heterocycles. The predicted octanol–water partition coefficient (Wildman–Crippen LogP) is 1.81. The van der Waals surface area contributed by atoms with Gasteiger partial charge in [0.2, 0.25) is 0 Å². The molecule has 0 aliphatic carbocycles. The summed E-state index contributed by atoms with van der Waals surface area (Å²) in [6, 6.07) is 8.33. The summed E-state index contributed by atoms with van der Waals surface area (Å²) in [7, 11) is 2.07. The van der Waals surface area contributed by atoms with Crippen LogP contribution in [-0.2, 0) is 0 Å². The minimum absolute atomic E-state index is 0.432. The molecule has 0 saturated heterocycles. The molecule has 1 aliphatic rings. The fourth-order valence-corrected chi connectivity index (χ4v) is 1.87. The lowest BCUT2D eigenvalue weighted by molar-refractivity contribution is 0.738. The molecule has 1 aromatic carbocycles. The second-order valence-corrected chi connectivity index (χ2v) is 3.77. The molecule has 1 aromatic rings. The van der Waals surface area contributed by atoms with Crippen molar-refractivity contribution in [2.75, 3.05) is 23.8 Å². The molecule has 0 fully saturated rings. The lowest BCUT2D eigenvalue weighted by Gasteiger charge is -2.33. The molecular formula is C11H13N3. The van der Waals surface area contributed by atoms with E-state index in [1.807, 2.05) is 18.2 Å². The number of rotatable bonds is 0. The molecule has 1 atom stereocenters. The van der Waals surface area contributed by atoms with E-state index in [9.17, 15) is 0 Å². The van der Waals surface area contributed by atoms with Crippen LogP contribution in [0.2, 0.25) is 0 Å². The van der Waals surface area contributed by atoms with Crippen LogP contribution in [0, 0.1) is 11.3 Å². The average Bonchev–Trinajstić information content (AvgIpc) is 2.16. The second-order valence-electron chi connectivity index (χ2n) is 3.77. The van der Waals surface area contributed by atoms with Gasteiger partial charge in [-0.2, -0.15) is 5.26 Å². The molecule has 0 bridgehead atoms. The van der Waals surface area contributed by atoms with Gasteiger partial charge >= 0.3 is 0 Å². The van der Waals surface area contributed by atoms with Crippen LogP contribution in [-0.4, -0.2) is 19.6 Å². The topological polar surface area (TPSA) is 39.1 Å². The number of hydrogen-bond acceptors (Lipinski definition) is 3. The zero-order valence-corrected chi connectivity index (χ0v) is 8.41. The third-order valence-corrected chi connectivity index (χ3v) is 2.49. The summed E-state index contributed by atoms with van der Waals surface area (Å²) >= 11 is 0. The Hall–Kier alpha value is -1.69. The average molecular weight is 187 g/mol. The number of nitrogens with one attached hydrogen (secondary N) is 1. The Morgan fingerprint density at radius 3 is 3.07 bits per heavy atom. The monoisotopic (exact) mass is 187 g/mol. The maximum Gasteiger partial charge on any atom is 0.0992 e. The van der Waals surface area contributed by atoms with Crippen molar-refractivity contribution in [1.82, 2.24) is 0 Å². The van der Waals surface area contributed by atoms with Crippen LogP contribution in [0.25, 0.3) is 0 Å². The van der Waals surface area contributed by atoms with E-state index in [1.165, 1.54) is 5.69 Å². The Morgan fingerprint density at radius 1 is 1.57 bits per heavy atom. The van der Waals surface area contributed by atoms with E-state index >= 15 is 0 Å². The number of benzene rings is 1. The Morgan fingerprint density at radius 2 is 2.36 bits per heavy atom. The number of nitriles is 1. The molecule has 0 saturated carbocycles. The van der Waals surface area contributed by atoms with Crippen molar-refractivity contribution in [3.8, 4) is 6.07 Å². The summed E-state index contributed by atoms with van der Waals surface area (Å²) in [4.78, 5) is 2.21. The molecule has 1 heterocycles. The van der Waals surface area contributed by atoms with Crippen LogP contribution in [0.15, 0.2) is 18.2 Å². The molecule has 1 N–H and O–H groups in total. The fourth-order valence-electron chi connectivity index (χ4n) is 1.87. The molecular weight excluding hydrogens is 174 g/mol. The summed E-state index contributed by atoms with van der Waals surface area (Å²) in [6.07, 6.45) is 0. The molecule has 0 amide bonds. The fraction of sp³-hybridized carbons (Fsp3) is 0.364. The van der Waals surface area contributed by atoms with E-state index in [1.54, 1.807) is 0 Å². The van der Waals surface area contributed by atoms with Gasteiger partial charge in [-0.3, -0.25) is 0 Å². The molecule has 1 unspecified atom stereocenters. The first-order valence-electron chi connectivity index (χ1n) is 4.72. The Balaban J connectivity index is 2.45. The van der Waals surface area contributed by atoms with Gasteiger partial charge in [0.15, 0.2) is 0 Å². The molecule has 0 aromatic heterocycles. The number of anilines is 2. The molecule has 72 valence electrons. The minimum atomic E-state index is 0.432. The van der Waals surface area contributed by atoms with E-state index in [2.05, 4.69) is 30.3 Å². The summed E-state index contributed by atoms with van der Waals surface area (Å²) in [5.41, 5.74) is 2.94. The number of likely N-dealkylation sites (N-methyl/N-ethyl adjacent to an activating group) is 1. The van der Waals surface area contributed by atoms with Gasteiger partial charge in [0, 0.05) is 19.6 Å². The van der Waals surface area contributed by atoms with E-state index < -0.39 is 0 Å². The van der Waals surface area contributed by atoms with E-state index in [-0.39, 0.29) is 0 Å².